The first-order valence-electron chi connectivity index (χ1n) is 9.81. The van der Waals surface area contributed by atoms with Crippen LogP contribution >= 0.6 is 0 Å². The summed E-state index contributed by atoms with van der Waals surface area (Å²) in [6.07, 6.45) is 6.55. The van der Waals surface area contributed by atoms with Gasteiger partial charge in [-0.05, 0) is 32.1 Å². The van der Waals surface area contributed by atoms with Gasteiger partial charge < -0.3 is 15.3 Å². The standard InChI is InChI=1S/2C8H16O2.C4H10O.Zr/c2*1-3-5-8(10)7(4-2)6-9;1-2-3-4-5;/h2*7,9H,3-6H2,1-2H3;5H,2-4H2,1H3;. The average molecular weight is 454 g/mol. The number of ketones is 2. The fourth-order valence-electron chi connectivity index (χ4n) is 1.98. The second-order valence-corrected chi connectivity index (χ2v) is 6.09. The molecule has 0 radical (unpaired) electrons. The zero-order chi connectivity index (χ0) is 20.1. The van der Waals surface area contributed by atoms with Gasteiger partial charge in [0.05, 0.1) is 13.2 Å². The normalized spacial score (nSPS) is 11.7. The van der Waals surface area contributed by atoms with E-state index in [4.69, 9.17) is 15.3 Å². The zero-order valence-electron chi connectivity index (χ0n) is 17.6. The van der Waals surface area contributed by atoms with E-state index in [-0.39, 0.29) is 62.8 Å². The van der Waals surface area contributed by atoms with Gasteiger partial charge in [-0.2, -0.15) is 0 Å². The Morgan fingerprint density at radius 3 is 1.15 bits per heavy atom. The van der Waals surface area contributed by atoms with Crippen LogP contribution in [0.2, 0.25) is 0 Å². The molecule has 0 amide bonds. The Hall–Kier alpha value is 0.103. The smallest absolute Gasteiger partial charge is 0.138 e. The second-order valence-electron chi connectivity index (χ2n) is 6.09. The van der Waals surface area contributed by atoms with Crippen LogP contribution in [-0.2, 0) is 35.8 Å². The summed E-state index contributed by atoms with van der Waals surface area (Å²) < 4.78 is 0. The molecular formula is C20H42O5Zr. The van der Waals surface area contributed by atoms with Gasteiger partial charge in [0.15, 0.2) is 0 Å². The van der Waals surface area contributed by atoms with Gasteiger partial charge >= 0.3 is 0 Å². The van der Waals surface area contributed by atoms with Crippen LogP contribution in [0.1, 0.15) is 86.0 Å². The quantitative estimate of drug-likeness (QED) is 0.420. The van der Waals surface area contributed by atoms with Gasteiger partial charge in [0.1, 0.15) is 11.6 Å². The van der Waals surface area contributed by atoms with Crippen molar-refractivity contribution >= 4 is 11.6 Å². The van der Waals surface area contributed by atoms with Gasteiger partial charge in [0.25, 0.3) is 0 Å². The molecule has 0 aromatic carbocycles. The van der Waals surface area contributed by atoms with Crippen molar-refractivity contribution in [3.8, 4) is 0 Å². The Kier molecular flexibility index (Phi) is 35.4. The third kappa shape index (κ3) is 22.1. The number of carbonyl (C=O) groups is 2. The molecule has 0 saturated carbocycles. The van der Waals surface area contributed by atoms with E-state index in [0.717, 1.165) is 38.5 Å². The molecule has 0 fully saturated rings. The van der Waals surface area contributed by atoms with Crippen molar-refractivity contribution in [1.82, 2.24) is 0 Å². The fraction of sp³-hybridized carbons (Fsp3) is 0.900. The molecule has 2 atom stereocenters. The Morgan fingerprint density at radius 1 is 0.692 bits per heavy atom. The van der Waals surface area contributed by atoms with Crippen molar-refractivity contribution in [3.05, 3.63) is 0 Å². The minimum atomic E-state index is -0.111. The van der Waals surface area contributed by atoms with E-state index in [0.29, 0.717) is 19.4 Å². The molecule has 0 aromatic heterocycles. The molecule has 0 spiro atoms. The molecule has 3 N–H and O–H groups in total. The maximum Gasteiger partial charge on any atom is 0.138 e. The molecule has 0 bridgehead atoms. The van der Waals surface area contributed by atoms with Crippen LogP contribution in [0.4, 0.5) is 0 Å². The topological polar surface area (TPSA) is 94.8 Å². The molecule has 0 aliphatic rings. The van der Waals surface area contributed by atoms with Crippen LogP contribution in [0, 0.1) is 11.8 Å². The van der Waals surface area contributed by atoms with Gasteiger partial charge in [-0.1, -0.05) is 41.0 Å². The monoisotopic (exact) mass is 452 g/mol. The summed E-state index contributed by atoms with van der Waals surface area (Å²) in [6.45, 7) is 10.2. The summed E-state index contributed by atoms with van der Waals surface area (Å²) in [6, 6.07) is 0. The zero-order valence-corrected chi connectivity index (χ0v) is 20.0. The second kappa shape index (κ2) is 27.3. The van der Waals surface area contributed by atoms with Crippen LogP contribution in [0.3, 0.4) is 0 Å². The molecule has 0 aromatic rings. The largest absolute Gasteiger partial charge is 0.396 e. The van der Waals surface area contributed by atoms with E-state index in [1.165, 1.54) is 0 Å². The molecule has 0 saturated heterocycles. The van der Waals surface area contributed by atoms with Crippen molar-refractivity contribution < 1.29 is 51.1 Å². The number of aliphatic hydroxyl groups is 3. The Bertz CT molecular complexity index is 262. The number of rotatable bonds is 12. The van der Waals surface area contributed by atoms with Gasteiger partial charge in [0.2, 0.25) is 0 Å². The van der Waals surface area contributed by atoms with Gasteiger partial charge in [0, 0.05) is 57.5 Å². The molecule has 5 nitrogen and oxygen atoms in total. The van der Waals surface area contributed by atoms with E-state index in [1.54, 1.807) is 0 Å². The number of unbranched alkanes of at least 4 members (excludes halogenated alkanes) is 1. The maximum atomic E-state index is 11.0. The SMILES string of the molecule is CCCC(=O)C(CC)CO.CCCC(=O)C(CC)CO.CCCCO.[Zr]. The molecule has 0 aliphatic heterocycles. The molecule has 156 valence electrons. The third-order valence-corrected chi connectivity index (χ3v) is 3.84. The van der Waals surface area contributed by atoms with Crippen LogP contribution in [0.5, 0.6) is 0 Å². The van der Waals surface area contributed by atoms with E-state index in [2.05, 4.69) is 6.92 Å². The summed E-state index contributed by atoms with van der Waals surface area (Å²) in [5.41, 5.74) is 0. The molecule has 2 unspecified atom stereocenters. The van der Waals surface area contributed by atoms with Crippen LogP contribution in [-0.4, -0.2) is 46.7 Å². The fourth-order valence-corrected chi connectivity index (χ4v) is 1.98. The Labute approximate surface area is 180 Å². The number of aliphatic hydroxyl groups excluding tert-OH is 3. The first-order valence-corrected chi connectivity index (χ1v) is 9.81. The molecule has 0 aliphatic carbocycles. The van der Waals surface area contributed by atoms with Crippen LogP contribution in [0.25, 0.3) is 0 Å². The number of hydrogen-bond acceptors (Lipinski definition) is 5. The van der Waals surface area contributed by atoms with Crippen LogP contribution < -0.4 is 0 Å². The summed E-state index contributed by atoms with van der Waals surface area (Å²) >= 11 is 0. The van der Waals surface area contributed by atoms with Crippen molar-refractivity contribution in [1.29, 1.82) is 0 Å². The summed E-state index contributed by atoms with van der Waals surface area (Å²) in [5, 5.41) is 25.5. The minimum Gasteiger partial charge on any atom is -0.396 e. The van der Waals surface area contributed by atoms with E-state index < -0.39 is 0 Å². The molecule has 6 heteroatoms. The molecule has 0 heterocycles. The predicted molar refractivity (Wildman–Crippen MR) is 104 cm³/mol. The van der Waals surface area contributed by atoms with E-state index >= 15 is 0 Å². The van der Waals surface area contributed by atoms with Gasteiger partial charge in [-0.15, -0.1) is 0 Å². The van der Waals surface area contributed by atoms with E-state index in [1.807, 2.05) is 27.7 Å². The summed E-state index contributed by atoms with van der Waals surface area (Å²) in [4.78, 5) is 22.1. The third-order valence-electron chi connectivity index (χ3n) is 3.84. The van der Waals surface area contributed by atoms with Crippen molar-refractivity contribution in [2.45, 2.75) is 86.0 Å². The Balaban J connectivity index is -0.000000145. The molecule has 0 rings (SSSR count). The van der Waals surface area contributed by atoms with Gasteiger partial charge in [-0.3, -0.25) is 9.59 Å². The summed E-state index contributed by atoms with van der Waals surface area (Å²) in [7, 11) is 0. The molecule has 26 heavy (non-hydrogen) atoms. The number of hydrogen-bond donors (Lipinski definition) is 3. The predicted octanol–water partition coefficient (Wildman–Crippen LogP) is 3.52. The van der Waals surface area contributed by atoms with Gasteiger partial charge in [-0.25, -0.2) is 0 Å². The maximum absolute atomic E-state index is 11.0. The summed E-state index contributed by atoms with van der Waals surface area (Å²) in [5.74, 6) is 0.180. The van der Waals surface area contributed by atoms with Crippen molar-refractivity contribution in [2.24, 2.45) is 11.8 Å². The Morgan fingerprint density at radius 2 is 1.04 bits per heavy atom. The molecular weight excluding hydrogens is 411 g/mol. The van der Waals surface area contributed by atoms with E-state index in [9.17, 15) is 9.59 Å². The van der Waals surface area contributed by atoms with Crippen LogP contribution in [0.15, 0.2) is 0 Å². The average Bonchev–Trinajstić information content (AvgIpc) is 2.59. The first-order chi connectivity index (χ1) is 11.9. The van der Waals surface area contributed by atoms with Crippen molar-refractivity contribution in [2.75, 3.05) is 19.8 Å². The number of Topliss-reactive ketones (excluding diaryl/α,β-unsaturated/α-hetero) is 2. The van der Waals surface area contributed by atoms with Crippen molar-refractivity contribution in [3.63, 3.8) is 0 Å². The first kappa shape index (κ1) is 33.7. The minimum absolute atomic E-state index is 0. The number of carbonyl (C=O) groups excluding carboxylic acids is 2.